The lowest BCUT2D eigenvalue weighted by Gasteiger charge is -2.32. The Labute approximate surface area is 166 Å². The monoisotopic (exact) mass is 424 g/mol. The van der Waals surface area contributed by atoms with E-state index in [0.29, 0.717) is 12.3 Å². The van der Waals surface area contributed by atoms with E-state index in [0.717, 1.165) is 34.7 Å². The summed E-state index contributed by atoms with van der Waals surface area (Å²) in [4.78, 5) is 14.7. The standard InChI is InChI=1S/C21H33BrN2O2/c1-16(2)8-11-24-12-9-18(10-13-24)15-23-21(25)7-5-17-4-6-20(26-3)19(22)14-17/h4,6,14,16,18H,5,7-13,15H2,1-3H3,(H,23,25). The molecule has 1 aromatic rings. The van der Waals surface area contributed by atoms with Gasteiger partial charge in [-0.15, -0.1) is 0 Å². The van der Waals surface area contributed by atoms with Crippen LogP contribution in [0.15, 0.2) is 22.7 Å². The van der Waals surface area contributed by atoms with Gasteiger partial charge in [0.1, 0.15) is 5.75 Å². The summed E-state index contributed by atoms with van der Waals surface area (Å²) in [6.07, 6.45) is 4.96. The van der Waals surface area contributed by atoms with Gasteiger partial charge in [0.2, 0.25) is 5.91 Å². The number of piperidine rings is 1. The molecular formula is C21H33BrN2O2. The normalized spacial score (nSPS) is 16.0. The molecule has 2 rings (SSSR count). The first kappa shape index (κ1) is 21.2. The van der Waals surface area contributed by atoms with Gasteiger partial charge in [0.15, 0.2) is 0 Å². The van der Waals surface area contributed by atoms with Crippen molar-refractivity contribution < 1.29 is 9.53 Å². The predicted molar refractivity (Wildman–Crippen MR) is 111 cm³/mol. The molecule has 1 saturated heterocycles. The fourth-order valence-corrected chi connectivity index (χ4v) is 3.91. The Hall–Kier alpha value is -1.07. The van der Waals surface area contributed by atoms with E-state index in [1.54, 1.807) is 7.11 Å². The van der Waals surface area contributed by atoms with Crippen molar-refractivity contribution in [1.82, 2.24) is 10.2 Å². The highest BCUT2D eigenvalue weighted by Gasteiger charge is 2.19. The van der Waals surface area contributed by atoms with Gasteiger partial charge in [-0.1, -0.05) is 19.9 Å². The zero-order valence-corrected chi connectivity index (χ0v) is 18.0. The molecule has 0 saturated carbocycles. The summed E-state index contributed by atoms with van der Waals surface area (Å²) in [6, 6.07) is 5.98. The minimum absolute atomic E-state index is 0.152. The Bertz CT molecular complexity index is 569. The molecule has 4 nitrogen and oxygen atoms in total. The highest BCUT2D eigenvalue weighted by Crippen LogP contribution is 2.26. The van der Waals surface area contributed by atoms with Crippen LogP contribution in [0.25, 0.3) is 0 Å². The third-order valence-corrected chi connectivity index (χ3v) is 5.79. The molecule has 0 radical (unpaired) electrons. The fourth-order valence-electron chi connectivity index (χ4n) is 3.32. The molecule has 1 aromatic carbocycles. The van der Waals surface area contributed by atoms with Crippen LogP contribution in [-0.2, 0) is 11.2 Å². The molecule has 0 aliphatic carbocycles. The second-order valence-corrected chi connectivity index (χ2v) is 8.59. The average Bonchev–Trinajstić information content (AvgIpc) is 2.64. The number of carbonyl (C=O) groups is 1. The zero-order chi connectivity index (χ0) is 18.9. The number of ether oxygens (including phenoxy) is 1. The molecule has 1 N–H and O–H groups in total. The highest BCUT2D eigenvalue weighted by molar-refractivity contribution is 9.10. The van der Waals surface area contributed by atoms with Gasteiger partial charge in [-0.2, -0.15) is 0 Å². The van der Waals surface area contributed by atoms with Gasteiger partial charge in [0, 0.05) is 13.0 Å². The maximum Gasteiger partial charge on any atom is 0.220 e. The SMILES string of the molecule is COc1ccc(CCC(=O)NCC2CCN(CCC(C)C)CC2)cc1Br. The molecule has 0 bridgehead atoms. The van der Waals surface area contributed by atoms with Gasteiger partial charge >= 0.3 is 0 Å². The van der Waals surface area contributed by atoms with Gasteiger partial charge in [-0.3, -0.25) is 4.79 Å². The van der Waals surface area contributed by atoms with Crippen LogP contribution >= 0.6 is 15.9 Å². The molecule has 5 heteroatoms. The van der Waals surface area contributed by atoms with Crippen LogP contribution in [0.4, 0.5) is 0 Å². The van der Waals surface area contributed by atoms with E-state index in [9.17, 15) is 4.79 Å². The Morgan fingerprint density at radius 2 is 2.08 bits per heavy atom. The molecule has 0 spiro atoms. The quantitative estimate of drug-likeness (QED) is 0.643. The van der Waals surface area contributed by atoms with Crippen LogP contribution in [0.3, 0.4) is 0 Å². The molecule has 26 heavy (non-hydrogen) atoms. The van der Waals surface area contributed by atoms with Crippen molar-refractivity contribution in [1.29, 1.82) is 0 Å². The predicted octanol–water partition coefficient (Wildman–Crippen LogP) is 4.26. The lowest BCUT2D eigenvalue weighted by atomic mass is 9.96. The number of carbonyl (C=O) groups excluding carboxylic acids is 1. The van der Waals surface area contributed by atoms with Crippen molar-refractivity contribution in [3.8, 4) is 5.75 Å². The number of halogens is 1. The second-order valence-electron chi connectivity index (χ2n) is 7.74. The molecule has 1 amide bonds. The Morgan fingerprint density at radius 3 is 2.69 bits per heavy atom. The van der Waals surface area contributed by atoms with Crippen molar-refractivity contribution in [3.05, 3.63) is 28.2 Å². The third-order valence-electron chi connectivity index (χ3n) is 5.17. The number of methoxy groups -OCH3 is 1. The highest BCUT2D eigenvalue weighted by atomic mass is 79.9. The first-order chi connectivity index (χ1) is 12.5. The van der Waals surface area contributed by atoms with Crippen molar-refractivity contribution in [2.45, 2.75) is 46.0 Å². The van der Waals surface area contributed by atoms with Crippen LogP contribution in [0.1, 0.15) is 45.1 Å². The van der Waals surface area contributed by atoms with Crippen LogP contribution in [0.5, 0.6) is 5.75 Å². The Balaban J connectivity index is 1.63. The fraction of sp³-hybridized carbons (Fsp3) is 0.667. The van der Waals surface area contributed by atoms with E-state index < -0.39 is 0 Å². The summed E-state index contributed by atoms with van der Waals surface area (Å²) < 4.78 is 6.17. The van der Waals surface area contributed by atoms with Gasteiger partial charge in [-0.25, -0.2) is 0 Å². The van der Waals surface area contributed by atoms with Crippen molar-refractivity contribution in [2.75, 3.05) is 33.3 Å². The second kappa shape index (κ2) is 10.9. The molecule has 1 fully saturated rings. The van der Waals surface area contributed by atoms with Crippen LogP contribution in [0.2, 0.25) is 0 Å². The summed E-state index contributed by atoms with van der Waals surface area (Å²) in [5.74, 6) is 2.37. The molecule has 146 valence electrons. The number of aryl methyl sites for hydroxylation is 1. The lowest BCUT2D eigenvalue weighted by molar-refractivity contribution is -0.121. The summed E-state index contributed by atoms with van der Waals surface area (Å²) in [7, 11) is 1.65. The van der Waals surface area contributed by atoms with E-state index in [-0.39, 0.29) is 5.91 Å². The number of amides is 1. The van der Waals surface area contributed by atoms with Gasteiger partial charge < -0.3 is 15.0 Å². The van der Waals surface area contributed by atoms with E-state index in [1.807, 2.05) is 18.2 Å². The number of hydrogen-bond donors (Lipinski definition) is 1. The number of nitrogens with zero attached hydrogens (tertiary/aromatic N) is 1. The Kier molecular flexibility index (Phi) is 8.93. The topological polar surface area (TPSA) is 41.6 Å². The molecule has 0 unspecified atom stereocenters. The Morgan fingerprint density at radius 1 is 1.35 bits per heavy atom. The molecular weight excluding hydrogens is 392 g/mol. The van der Waals surface area contributed by atoms with E-state index in [1.165, 1.54) is 38.9 Å². The van der Waals surface area contributed by atoms with Crippen LogP contribution in [0, 0.1) is 11.8 Å². The van der Waals surface area contributed by atoms with Crippen LogP contribution in [-0.4, -0.2) is 44.1 Å². The average molecular weight is 425 g/mol. The first-order valence-corrected chi connectivity index (χ1v) is 10.6. The summed E-state index contributed by atoms with van der Waals surface area (Å²) in [5, 5.41) is 3.13. The largest absolute Gasteiger partial charge is 0.496 e. The maximum atomic E-state index is 12.2. The molecule has 1 aliphatic rings. The number of hydrogen-bond acceptors (Lipinski definition) is 3. The number of rotatable bonds is 9. The number of nitrogens with one attached hydrogen (secondary N) is 1. The third kappa shape index (κ3) is 7.28. The summed E-state index contributed by atoms with van der Waals surface area (Å²) >= 11 is 3.49. The molecule has 1 aliphatic heterocycles. The van der Waals surface area contributed by atoms with Crippen molar-refractivity contribution >= 4 is 21.8 Å². The molecule has 0 atom stereocenters. The summed E-state index contributed by atoms with van der Waals surface area (Å²) in [6.45, 7) is 8.96. The molecule has 1 heterocycles. The lowest BCUT2D eigenvalue weighted by Crippen LogP contribution is -2.39. The molecule has 0 aromatic heterocycles. The van der Waals surface area contributed by atoms with E-state index in [2.05, 4.69) is 40.0 Å². The van der Waals surface area contributed by atoms with Gasteiger partial charge in [0.25, 0.3) is 0 Å². The minimum atomic E-state index is 0.152. The van der Waals surface area contributed by atoms with Crippen molar-refractivity contribution in [3.63, 3.8) is 0 Å². The van der Waals surface area contributed by atoms with Crippen LogP contribution < -0.4 is 10.1 Å². The van der Waals surface area contributed by atoms with E-state index >= 15 is 0 Å². The minimum Gasteiger partial charge on any atom is -0.496 e. The maximum absolute atomic E-state index is 12.2. The number of benzene rings is 1. The summed E-state index contributed by atoms with van der Waals surface area (Å²) in [5.41, 5.74) is 1.14. The van der Waals surface area contributed by atoms with Gasteiger partial charge in [0.05, 0.1) is 11.6 Å². The smallest absolute Gasteiger partial charge is 0.220 e. The first-order valence-electron chi connectivity index (χ1n) is 9.79. The van der Waals surface area contributed by atoms with E-state index in [4.69, 9.17) is 4.74 Å². The zero-order valence-electron chi connectivity index (χ0n) is 16.4. The number of likely N-dealkylation sites (tertiary alicyclic amines) is 1. The van der Waals surface area contributed by atoms with Gasteiger partial charge in [-0.05, 0) is 90.8 Å². The van der Waals surface area contributed by atoms with Crippen molar-refractivity contribution in [2.24, 2.45) is 11.8 Å².